The third kappa shape index (κ3) is 9.60. The molecule has 0 rings (SSSR count). The molecule has 7 N–H and O–H groups in total. The Morgan fingerprint density at radius 3 is 2.26 bits per heavy atom. The van der Waals surface area contributed by atoms with Gasteiger partial charge in [0.2, 0.25) is 5.91 Å². The van der Waals surface area contributed by atoms with Crippen LogP contribution in [0.4, 0.5) is 0 Å². The van der Waals surface area contributed by atoms with Crippen LogP contribution in [0.15, 0.2) is 22.1 Å². The summed E-state index contributed by atoms with van der Waals surface area (Å²) < 4.78 is 0. The number of carbonyl (C=O) groups is 1. The monoisotopic (exact) mass is 269 g/mol. The molecule has 0 aromatic carbocycles. The summed E-state index contributed by atoms with van der Waals surface area (Å²) in [6, 6.07) is 0. The van der Waals surface area contributed by atoms with Crippen LogP contribution in [0.1, 0.15) is 6.42 Å². The van der Waals surface area contributed by atoms with Crippen LogP contribution < -0.4 is 27.4 Å². The first-order chi connectivity index (χ1) is 8.99. The Hall–Kier alpha value is -2.09. The van der Waals surface area contributed by atoms with Gasteiger partial charge < -0.3 is 22.1 Å². The summed E-state index contributed by atoms with van der Waals surface area (Å²) in [6.45, 7) is 5.08. The van der Waals surface area contributed by atoms with Crippen LogP contribution in [0.2, 0.25) is 0 Å². The number of amides is 1. The SMILES string of the molecule is C=C(CCNC)CN=C(N)NC(N)=NCC(=O)NC. The second-order valence-electron chi connectivity index (χ2n) is 3.80. The van der Waals surface area contributed by atoms with Gasteiger partial charge in [0.1, 0.15) is 6.54 Å². The maximum Gasteiger partial charge on any atom is 0.241 e. The highest BCUT2D eigenvalue weighted by molar-refractivity contribution is 5.97. The summed E-state index contributed by atoms with van der Waals surface area (Å²) in [7, 11) is 3.39. The fraction of sp³-hybridized carbons (Fsp3) is 0.545. The molecule has 0 unspecified atom stereocenters. The van der Waals surface area contributed by atoms with Gasteiger partial charge in [-0.25, -0.2) is 9.98 Å². The molecule has 0 atom stereocenters. The lowest BCUT2D eigenvalue weighted by molar-refractivity contribution is -0.119. The lowest BCUT2D eigenvalue weighted by Crippen LogP contribution is -2.42. The maximum absolute atomic E-state index is 10.9. The molecule has 0 aliphatic rings. The van der Waals surface area contributed by atoms with Crippen LogP contribution in [-0.4, -0.2) is 51.6 Å². The molecule has 0 heterocycles. The number of hydrogen-bond acceptors (Lipinski definition) is 4. The first-order valence-corrected chi connectivity index (χ1v) is 5.88. The van der Waals surface area contributed by atoms with Gasteiger partial charge in [0, 0.05) is 7.05 Å². The van der Waals surface area contributed by atoms with E-state index in [1.54, 1.807) is 0 Å². The molecule has 0 radical (unpaired) electrons. The quantitative estimate of drug-likeness (QED) is 0.210. The van der Waals surface area contributed by atoms with Crippen LogP contribution in [0.5, 0.6) is 0 Å². The molecule has 19 heavy (non-hydrogen) atoms. The van der Waals surface area contributed by atoms with Crippen molar-refractivity contribution >= 4 is 17.8 Å². The Balaban J connectivity index is 4.10. The Morgan fingerprint density at radius 1 is 1.16 bits per heavy atom. The molecule has 0 saturated carbocycles. The molecule has 0 aromatic rings. The van der Waals surface area contributed by atoms with Crippen molar-refractivity contribution in [1.29, 1.82) is 0 Å². The number of guanidine groups is 2. The van der Waals surface area contributed by atoms with Crippen molar-refractivity contribution in [1.82, 2.24) is 16.0 Å². The summed E-state index contributed by atoms with van der Waals surface area (Å²) >= 11 is 0. The van der Waals surface area contributed by atoms with E-state index >= 15 is 0 Å². The summed E-state index contributed by atoms with van der Waals surface area (Å²) in [4.78, 5) is 18.8. The van der Waals surface area contributed by atoms with Crippen molar-refractivity contribution in [2.24, 2.45) is 21.5 Å². The van der Waals surface area contributed by atoms with E-state index in [4.69, 9.17) is 11.5 Å². The van der Waals surface area contributed by atoms with Crippen molar-refractivity contribution in [3.63, 3.8) is 0 Å². The summed E-state index contributed by atoms with van der Waals surface area (Å²) in [6.07, 6.45) is 0.827. The Labute approximate surface area is 113 Å². The zero-order valence-corrected chi connectivity index (χ0v) is 11.5. The number of carbonyl (C=O) groups excluding carboxylic acids is 1. The van der Waals surface area contributed by atoms with Crippen LogP contribution in [-0.2, 0) is 4.79 Å². The van der Waals surface area contributed by atoms with Crippen molar-refractivity contribution in [2.75, 3.05) is 33.7 Å². The topological polar surface area (TPSA) is 130 Å². The van der Waals surface area contributed by atoms with Crippen LogP contribution in [0.25, 0.3) is 0 Å². The smallest absolute Gasteiger partial charge is 0.241 e. The summed E-state index contributed by atoms with van der Waals surface area (Å²) in [5.74, 6) is -0.0462. The molecule has 0 saturated heterocycles. The fourth-order valence-electron chi connectivity index (χ4n) is 1.02. The number of nitrogens with one attached hydrogen (secondary N) is 3. The normalized spacial score (nSPS) is 12.1. The molecule has 0 fully saturated rings. The van der Waals surface area contributed by atoms with E-state index in [1.807, 2.05) is 7.05 Å². The number of hydrogen-bond donors (Lipinski definition) is 5. The van der Waals surface area contributed by atoms with Gasteiger partial charge in [0.15, 0.2) is 11.9 Å². The molecule has 8 nitrogen and oxygen atoms in total. The first-order valence-electron chi connectivity index (χ1n) is 5.88. The van der Waals surface area contributed by atoms with Gasteiger partial charge in [-0.05, 0) is 20.0 Å². The predicted octanol–water partition coefficient (Wildman–Crippen LogP) is -1.88. The summed E-state index contributed by atoms with van der Waals surface area (Å²) in [5, 5.41) is 8.03. The van der Waals surface area contributed by atoms with Crippen LogP contribution in [0.3, 0.4) is 0 Å². The first kappa shape index (κ1) is 16.9. The molecule has 8 heteroatoms. The average Bonchev–Trinajstić information content (AvgIpc) is 2.40. The van der Waals surface area contributed by atoms with E-state index in [-0.39, 0.29) is 24.4 Å². The van der Waals surface area contributed by atoms with E-state index in [0.29, 0.717) is 6.54 Å². The van der Waals surface area contributed by atoms with E-state index < -0.39 is 0 Å². The number of nitrogens with two attached hydrogens (primary N) is 2. The van der Waals surface area contributed by atoms with Gasteiger partial charge in [0.25, 0.3) is 0 Å². The average molecular weight is 269 g/mol. The molecule has 1 amide bonds. The third-order valence-electron chi connectivity index (χ3n) is 2.13. The second kappa shape index (κ2) is 9.89. The van der Waals surface area contributed by atoms with E-state index in [0.717, 1.165) is 18.5 Å². The van der Waals surface area contributed by atoms with Crippen LogP contribution >= 0.6 is 0 Å². The zero-order chi connectivity index (χ0) is 14.7. The second-order valence-corrected chi connectivity index (χ2v) is 3.80. The minimum atomic E-state index is -0.235. The molecule has 0 bridgehead atoms. The number of aliphatic imine (C=N–C) groups is 2. The van der Waals surface area contributed by atoms with Gasteiger partial charge in [-0.15, -0.1) is 0 Å². The lowest BCUT2D eigenvalue weighted by Gasteiger charge is -2.06. The van der Waals surface area contributed by atoms with Gasteiger partial charge in [-0.2, -0.15) is 0 Å². The number of nitrogens with zero attached hydrogens (tertiary/aromatic N) is 2. The molecular weight excluding hydrogens is 246 g/mol. The largest absolute Gasteiger partial charge is 0.370 e. The molecule has 0 aromatic heterocycles. The number of likely N-dealkylation sites (N-methyl/N-ethyl adjacent to an activating group) is 1. The summed E-state index contributed by atoms with van der Waals surface area (Å²) in [5.41, 5.74) is 12.1. The minimum absolute atomic E-state index is 0.0469. The van der Waals surface area contributed by atoms with Gasteiger partial charge in [-0.3, -0.25) is 10.1 Å². The van der Waals surface area contributed by atoms with Crippen molar-refractivity contribution in [3.8, 4) is 0 Å². The van der Waals surface area contributed by atoms with Gasteiger partial charge >= 0.3 is 0 Å². The van der Waals surface area contributed by atoms with Crippen molar-refractivity contribution < 1.29 is 4.79 Å². The molecular formula is C11H23N7O. The number of rotatable bonds is 7. The molecule has 0 aliphatic heterocycles. The Bertz CT molecular complexity index is 362. The van der Waals surface area contributed by atoms with Crippen molar-refractivity contribution in [3.05, 3.63) is 12.2 Å². The van der Waals surface area contributed by atoms with Crippen molar-refractivity contribution in [2.45, 2.75) is 6.42 Å². The van der Waals surface area contributed by atoms with E-state index in [9.17, 15) is 4.79 Å². The Kier molecular flexibility index (Phi) is 8.80. The highest BCUT2D eigenvalue weighted by atomic mass is 16.1. The van der Waals surface area contributed by atoms with E-state index in [2.05, 4.69) is 32.5 Å². The highest BCUT2D eigenvalue weighted by Gasteiger charge is 1.99. The van der Waals surface area contributed by atoms with Gasteiger partial charge in [-0.1, -0.05) is 12.2 Å². The fourth-order valence-corrected chi connectivity index (χ4v) is 1.02. The zero-order valence-electron chi connectivity index (χ0n) is 11.5. The molecule has 108 valence electrons. The standard InChI is InChI=1S/C11H23N7O/c1-8(4-5-14-2)6-16-10(12)18-11(13)17-7-9(19)15-3/h14H,1,4-7H2,2-3H3,(H,15,19)(H5,12,13,16,17,18). The van der Waals surface area contributed by atoms with Gasteiger partial charge in [0.05, 0.1) is 6.54 Å². The molecule has 0 spiro atoms. The molecule has 0 aliphatic carbocycles. The maximum atomic E-state index is 10.9. The minimum Gasteiger partial charge on any atom is -0.370 e. The third-order valence-corrected chi connectivity index (χ3v) is 2.13. The Morgan fingerprint density at radius 2 is 1.74 bits per heavy atom. The van der Waals surface area contributed by atoms with E-state index in [1.165, 1.54) is 7.05 Å². The lowest BCUT2D eigenvalue weighted by atomic mass is 10.2. The predicted molar refractivity (Wildman–Crippen MR) is 77.9 cm³/mol. The highest BCUT2D eigenvalue weighted by Crippen LogP contribution is 1.96. The van der Waals surface area contributed by atoms with Crippen LogP contribution in [0, 0.1) is 0 Å².